The van der Waals surface area contributed by atoms with Crippen molar-refractivity contribution < 1.29 is 4.92 Å². The Kier molecular flexibility index (Phi) is 4.07. The van der Waals surface area contributed by atoms with Crippen molar-refractivity contribution in [2.45, 2.75) is 12.5 Å². The lowest BCUT2D eigenvalue weighted by Gasteiger charge is -2.18. The van der Waals surface area contributed by atoms with Crippen LogP contribution in [-0.2, 0) is 0 Å². The summed E-state index contributed by atoms with van der Waals surface area (Å²) >= 11 is 0. The Balaban J connectivity index is 1.95. The molecule has 1 aromatic carbocycles. The van der Waals surface area contributed by atoms with Gasteiger partial charge in [0, 0.05) is 42.9 Å². The van der Waals surface area contributed by atoms with Crippen LogP contribution in [0.1, 0.15) is 6.42 Å². The lowest BCUT2D eigenvalue weighted by Crippen LogP contribution is -2.30. The van der Waals surface area contributed by atoms with Crippen molar-refractivity contribution in [2.24, 2.45) is 0 Å². The zero-order valence-electron chi connectivity index (χ0n) is 12.8. The third-order valence-electron chi connectivity index (χ3n) is 4.00. The van der Waals surface area contributed by atoms with Gasteiger partial charge in [0.1, 0.15) is 5.82 Å². The summed E-state index contributed by atoms with van der Waals surface area (Å²) < 4.78 is 0. The number of rotatable bonds is 4. The van der Waals surface area contributed by atoms with Crippen LogP contribution in [0.4, 0.5) is 17.5 Å². The first-order valence-corrected chi connectivity index (χ1v) is 7.38. The van der Waals surface area contributed by atoms with Crippen LogP contribution in [0, 0.1) is 10.1 Å². The molecular weight excluding hydrogens is 296 g/mol. The highest BCUT2D eigenvalue weighted by Crippen LogP contribution is 2.27. The van der Waals surface area contributed by atoms with Gasteiger partial charge in [-0.1, -0.05) is 12.1 Å². The van der Waals surface area contributed by atoms with Crippen molar-refractivity contribution >= 4 is 17.5 Å². The zero-order chi connectivity index (χ0) is 16.4. The highest BCUT2D eigenvalue weighted by atomic mass is 16.6. The SMILES string of the molecule is CN[C@@H]1CCN(c2cc(-c3cccc([N+](=O)[O-])c3)nc(N)n2)C1. The molecule has 1 aromatic heterocycles. The Labute approximate surface area is 133 Å². The molecule has 8 heteroatoms. The number of nitrogens with two attached hydrogens (primary N) is 1. The van der Waals surface area contributed by atoms with Gasteiger partial charge in [-0.2, -0.15) is 4.98 Å². The Bertz CT molecular complexity index is 736. The van der Waals surface area contributed by atoms with Gasteiger partial charge in [0.15, 0.2) is 0 Å². The standard InChI is InChI=1S/C15H18N6O2/c1-17-11-5-6-20(9-11)14-8-13(18-15(16)19-14)10-3-2-4-12(7-10)21(22)23/h2-4,7-8,11,17H,5-6,9H2,1H3,(H2,16,18,19)/t11-/m1/s1. The minimum absolute atomic E-state index is 0.0256. The number of nitrogens with zero attached hydrogens (tertiary/aromatic N) is 4. The monoisotopic (exact) mass is 314 g/mol. The maximum atomic E-state index is 10.9. The number of nitro benzene ring substituents is 1. The molecule has 0 bridgehead atoms. The predicted molar refractivity (Wildman–Crippen MR) is 88.2 cm³/mol. The van der Waals surface area contributed by atoms with Gasteiger partial charge in [0.05, 0.1) is 10.6 Å². The van der Waals surface area contributed by atoms with Crippen molar-refractivity contribution in [1.82, 2.24) is 15.3 Å². The molecule has 1 aliphatic heterocycles. The maximum Gasteiger partial charge on any atom is 0.270 e. The van der Waals surface area contributed by atoms with E-state index in [1.54, 1.807) is 12.1 Å². The molecule has 0 aliphatic carbocycles. The fourth-order valence-electron chi connectivity index (χ4n) is 2.75. The molecule has 23 heavy (non-hydrogen) atoms. The molecule has 0 amide bonds. The van der Waals surface area contributed by atoms with E-state index in [-0.39, 0.29) is 11.6 Å². The lowest BCUT2D eigenvalue weighted by atomic mass is 10.1. The van der Waals surface area contributed by atoms with Crippen LogP contribution >= 0.6 is 0 Å². The summed E-state index contributed by atoms with van der Waals surface area (Å²) in [5.41, 5.74) is 7.10. The predicted octanol–water partition coefficient (Wildman–Crippen LogP) is 1.43. The molecule has 0 radical (unpaired) electrons. The fourth-order valence-corrected chi connectivity index (χ4v) is 2.75. The number of anilines is 2. The van der Waals surface area contributed by atoms with E-state index in [4.69, 9.17) is 5.73 Å². The van der Waals surface area contributed by atoms with Crippen molar-refractivity contribution in [2.75, 3.05) is 30.8 Å². The van der Waals surface area contributed by atoms with Gasteiger partial charge in [-0.15, -0.1) is 0 Å². The molecule has 0 unspecified atom stereocenters. The van der Waals surface area contributed by atoms with Crippen molar-refractivity contribution in [3.8, 4) is 11.3 Å². The van der Waals surface area contributed by atoms with E-state index < -0.39 is 4.92 Å². The van der Waals surface area contributed by atoms with Gasteiger partial charge >= 0.3 is 0 Å². The highest BCUT2D eigenvalue weighted by Gasteiger charge is 2.23. The zero-order valence-corrected chi connectivity index (χ0v) is 12.8. The normalized spacial score (nSPS) is 17.4. The smallest absolute Gasteiger partial charge is 0.270 e. The second-order valence-electron chi connectivity index (χ2n) is 5.50. The Morgan fingerprint density at radius 3 is 2.91 bits per heavy atom. The molecule has 8 nitrogen and oxygen atoms in total. The van der Waals surface area contributed by atoms with E-state index in [1.807, 2.05) is 13.1 Å². The van der Waals surface area contributed by atoms with Gasteiger partial charge in [-0.05, 0) is 13.5 Å². The average molecular weight is 314 g/mol. The van der Waals surface area contributed by atoms with Crippen LogP contribution in [0.25, 0.3) is 11.3 Å². The van der Waals surface area contributed by atoms with Gasteiger partial charge in [0.2, 0.25) is 5.95 Å². The van der Waals surface area contributed by atoms with Crippen LogP contribution in [0.2, 0.25) is 0 Å². The second kappa shape index (κ2) is 6.17. The number of nitrogen functional groups attached to an aromatic ring is 1. The number of hydrogen-bond acceptors (Lipinski definition) is 7. The summed E-state index contributed by atoms with van der Waals surface area (Å²) in [5, 5.41) is 14.2. The van der Waals surface area contributed by atoms with Crippen molar-refractivity contribution in [3.63, 3.8) is 0 Å². The first-order chi connectivity index (χ1) is 11.1. The Morgan fingerprint density at radius 1 is 1.39 bits per heavy atom. The van der Waals surface area contributed by atoms with Crippen molar-refractivity contribution in [1.29, 1.82) is 0 Å². The van der Waals surface area contributed by atoms with Crippen LogP contribution in [0.15, 0.2) is 30.3 Å². The molecule has 2 heterocycles. The summed E-state index contributed by atoms with van der Waals surface area (Å²) in [5.74, 6) is 0.911. The molecule has 2 aromatic rings. The molecule has 120 valence electrons. The molecule has 0 spiro atoms. The average Bonchev–Trinajstić information content (AvgIpc) is 3.03. The lowest BCUT2D eigenvalue weighted by molar-refractivity contribution is -0.384. The van der Waals surface area contributed by atoms with Crippen LogP contribution in [-0.4, -0.2) is 41.1 Å². The van der Waals surface area contributed by atoms with Gasteiger partial charge < -0.3 is 16.0 Å². The molecule has 1 saturated heterocycles. The summed E-state index contributed by atoms with van der Waals surface area (Å²) in [6.45, 7) is 1.73. The minimum Gasteiger partial charge on any atom is -0.368 e. The minimum atomic E-state index is -0.424. The fraction of sp³-hybridized carbons (Fsp3) is 0.333. The molecular formula is C15H18N6O2. The Hall–Kier alpha value is -2.74. The van der Waals surface area contributed by atoms with E-state index in [2.05, 4.69) is 20.2 Å². The number of non-ortho nitro benzene ring substituents is 1. The molecule has 1 atom stereocenters. The largest absolute Gasteiger partial charge is 0.368 e. The van der Waals surface area contributed by atoms with E-state index in [0.29, 0.717) is 17.3 Å². The highest BCUT2D eigenvalue weighted by molar-refractivity contribution is 5.66. The molecule has 1 aliphatic rings. The van der Waals surface area contributed by atoms with E-state index in [1.165, 1.54) is 12.1 Å². The van der Waals surface area contributed by atoms with E-state index >= 15 is 0 Å². The number of aromatic nitrogens is 2. The van der Waals surface area contributed by atoms with Crippen LogP contribution in [0.5, 0.6) is 0 Å². The van der Waals surface area contributed by atoms with E-state index in [9.17, 15) is 10.1 Å². The summed E-state index contributed by atoms with van der Waals surface area (Å²) in [6.07, 6.45) is 1.03. The summed E-state index contributed by atoms with van der Waals surface area (Å²) in [6, 6.07) is 8.61. The van der Waals surface area contributed by atoms with Gasteiger partial charge in [-0.25, -0.2) is 4.98 Å². The number of likely N-dealkylation sites (N-methyl/N-ethyl adjacent to an activating group) is 1. The summed E-state index contributed by atoms with van der Waals surface area (Å²) in [4.78, 5) is 21.2. The topological polar surface area (TPSA) is 110 Å². The summed E-state index contributed by atoms with van der Waals surface area (Å²) in [7, 11) is 1.94. The molecule has 0 saturated carbocycles. The molecule has 1 fully saturated rings. The van der Waals surface area contributed by atoms with Crippen molar-refractivity contribution in [3.05, 3.63) is 40.4 Å². The number of nitro groups is 1. The molecule has 3 rings (SSSR count). The van der Waals surface area contributed by atoms with Gasteiger partial charge in [0.25, 0.3) is 5.69 Å². The van der Waals surface area contributed by atoms with E-state index in [0.717, 1.165) is 25.3 Å². The second-order valence-corrected chi connectivity index (χ2v) is 5.50. The first kappa shape index (κ1) is 15.2. The van der Waals surface area contributed by atoms with Crippen LogP contribution in [0.3, 0.4) is 0 Å². The maximum absolute atomic E-state index is 10.9. The third kappa shape index (κ3) is 3.21. The number of nitrogens with one attached hydrogen (secondary N) is 1. The number of benzene rings is 1. The van der Waals surface area contributed by atoms with Crippen LogP contribution < -0.4 is 16.0 Å². The first-order valence-electron chi connectivity index (χ1n) is 7.38. The number of hydrogen-bond donors (Lipinski definition) is 2. The van der Waals surface area contributed by atoms with Gasteiger partial charge in [-0.3, -0.25) is 10.1 Å². The molecule has 3 N–H and O–H groups in total. The Morgan fingerprint density at radius 2 is 2.22 bits per heavy atom. The third-order valence-corrected chi connectivity index (χ3v) is 4.00. The quantitative estimate of drug-likeness (QED) is 0.648.